The van der Waals surface area contributed by atoms with Crippen molar-refractivity contribution in [3.63, 3.8) is 0 Å². The number of anilines is 2. The number of carbonyl (C=O) groups excluding carboxylic acids is 1. The Labute approximate surface area is 166 Å². The van der Waals surface area contributed by atoms with E-state index in [1.165, 1.54) is 10.6 Å². The van der Waals surface area contributed by atoms with E-state index in [-0.39, 0.29) is 17.8 Å². The summed E-state index contributed by atoms with van der Waals surface area (Å²) in [5.41, 5.74) is 2.94. The minimum atomic E-state index is -3.38. The average Bonchev–Trinajstić information content (AvgIpc) is 3.23. The number of nitrogens with one attached hydrogen (secondary N) is 2. The summed E-state index contributed by atoms with van der Waals surface area (Å²) in [5.74, 6) is -0.729. The van der Waals surface area contributed by atoms with E-state index in [9.17, 15) is 18.0 Å². The predicted molar refractivity (Wildman–Crippen MR) is 107 cm³/mol. The molecule has 4 rings (SSSR count). The first kappa shape index (κ1) is 18.9. The van der Waals surface area contributed by atoms with Crippen LogP contribution in [0.4, 0.5) is 11.4 Å². The molecule has 0 saturated heterocycles. The number of aromatic amines is 1. The summed E-state index contributed by atoms with van der Waals surface area (Å²) in [4.78, 5) is 26.3. The lowest BCUT2D eigenvalue weighted by molar-refractivity contribution is 0.102. The predicted octanol–water partition coefficient (Wildman–Crippen LogP) is 1.99. The molecule has 2 N–H and O–H groups in total. The van der Waals surface area contributed by atoms with E-state index in [2.05, 4.69) is 20.0 Å². The Kier molecular flexibility index (Phi) is 4.50. The molecule has 1 amide bonds. The number of benzene rings is 2. The number of aromatic nitrogens is 2. The van der Waals surface area contributed by atoms with Gasteiger partial charge in [-0.1, -0.05) is 17.3 Å². The van der Waals surface area contributed by atoms with Gasteiger partial charge in [0.25, 0.3) is 5.91 Å². The van der Waals surface area contributed by atoms with Crippen LogP contribution in [0.3, 0.4) is 0 Å². The van der Waals surface area contributed by atoms with Crippen LogP contribution in [0.15, 0.2) is 51.8 Å². The van der Waals surface area contributed by atoms with Gasteiger partial charge in [-0.2, -0.15) is 0 Å². The number of fused-ring (bicyclic) bond motifs is 1. The molecule has 0 bridgehead atoms. The van der Waals surface area contributed by atoms with Crippen LogP contribution in [0.2, 0.25) is 0 Å². The van der Waals surface area contributed by atoms with E-state index in [0.29, 0.717) is 28.9 Å². The third-order valence-corrected chi connectivity index (χ3v) is 5.96. The zero-order chi connectivity index (χ0) is 20.8. The van der Waals surface area contributed by atoms with E-state index in [0.717, 1.165) is 5.56 Å². The molecule has 150 valence electrons. The third-order valence-electron chi connectivity index (χ3n) is 4.69. The van der Waals surface area contributed by atoms with Crippen LogP contribution in [0.1, 0.15) is 22.8 Å². The summed E-state index contributed by atoms with van der Waals surface area (Å²) in [6.45, 7) is 1.83. The molecule has 1 atom stereocenters. The number of nitrogens with zero attached hydrogens (tertiary/aromatic N) is 2. The van der Waals surface area contributed by atoms with Gasteiger partial charge in [0.1, 0.15) is 0 Å². The molecular formula is C19H18N4O5S. The second-order valence-corrected chi connectivity index (χ2v) is 8.79. The highest BCUT2D eigenvalue weighted by molar-refractivity contribution is 7.92. The van der Waals surface area contributed by atoms with Crippen LogP contribution in [0.25, 0.3) is 11.4 Å². The zero-order valence-corrected chi connectivity index (χ0v) is 16.5. The normalized spacial score (nSPS) is 15.9. The van der Waals surface area contributed by atoms with Crippen molar-refractivity contribution in [1.29, 1.82) is 0 Å². The van der Waals surface area contributed by atoms with Crippen molar-refractivity contribution in [3.8, 4) is 11.4 Å². The number of rotatable bonds is 4. The van der Waals surface area contributed by atoms with E-state index in [1.54, 1.807) is 42.5 Å². The van der Waals surface area contributed by atoms with Crippen molar-refractivity contribution in [3.05, 3.63) is 64.1 Å². The van der Waals surface area contributed by atoms with E-state index >= 15 is 0 Å². The molecule has 0 saturated carbocycles. The number of carbonyl (C=O) groups is 1. The van der Waals surface area contributed by atoms with Crippen LogP contribution < -0.4 is 15.4 Å². The van der Waals surface area contributed by atoms with Crippen molar-refractivity contribution < 1.29 is 17.7 Å². The fourth-order valence-corrected chi connectivity index (χ4v) is 4.81. The van der Waals surface area contributed by atoms with Gasteiger partial charge < -0.3 is 5.32 Å². The molecular weight excluding hydrogens is 396 g/mol. The van der Waals surface area contributed by atoms with Crippen molar-refractivity contribution in [2.75, 3.05) is 15.9 Å². The number of sulfonamides is 1. The Bertz CT molecular complexity index is 1260. The minimum absolute atomic E-state index is 0.195. The number of hydrogen-bond donors (Lipinski definition) is 2. The van der Waals surface area contributed by atoms with Crippen molar-refractivity contribution in [1.82, 2.24) is 10.1 Å². The van der Waals surface area contributed by atoms with Crippen LogP contribution >= 0.6 is 0 Å². The molecule has 10 heteroatoms. The fraction of sp³-hybridized carbons (Fsp3) is 0.211. The summed E-state index contributed by atoms with van der Waals surface area (Å²) in [5, 5.41) is 6.43. The molecule has 29 heavy (non-hydrogen) atoms. The van der Waals surface area contributed by atoms with E-state index in [1.807, 2.05) is 6.92 Å². The molecule has 9 nitrogen and oxygen atoms in total. The first-order valence-electron chi connectivity index (χ1n) is 8.82. The molecule has 3 aromatic rings. The minimum Gasteiger partial charge on any atom is -0.322 e. The quantitative estimate of drug-likeness (QED) is 0.673. The fourth-order valence-electron chi connectivity index (χ4n) is 3.55. The van der Waals surface area contributed by atoms with Gasteiger partial charge in [0.05, 0.1) is 11.9 Å². The van der Waals surface area contributed by atoms with Gasteiger partial charge in [-0.25, -0.2) is 13.2 Å². The van der Waals surface area contributed by atoms with Gasteiger partial charge in [0.15, 0.2) is 5.82 Å². The Morgan fingerprint density at radius 3 is 2.76 bits per heavy atom. The lowest BCUT2D eigenvalue weighted by atomic mass is 10.1. The number of H-pyrrole nitrogens is 1. The summed E-state index contributed by atoms with van der Waals surface area (Å²) in [6, 6.07) is 11.6. The monoisotopic (exact) mass is 414 g/mol. The topological polar surface area (TPSA) is 125 Å². The highest BCUT2D eigenvalue weighted by Gasteiger charge is 2.32. The maximum Gasteiger partial charge on any atom is 0.439 e. The summed E-state index contributed by atoms with van der Waals surface area (Å²) in [7, 11) is -3.38. The summed E-state index contributed by atoms with van der Waals surface area (Å²) < 4.78 is 29.9. The molecule has 0 aliphatic carbocycles. The van der Waals surface area contributed by atoms with Crippen molar-refractivity contribution >= 4 is 27.3 Å². The van der Waals surface area contributed by atoms with Gasteiger partial charge in [-0.05, 0) is 49.2 Å². The SMILES string of the molecule is CC1Cc2cc(C(=O)Nc3cccc(-c4noc(=O)[nH]4)c3)ccc2N1S(C)(=O)=O. The molecule has 0 spiro atoms. The van der Waals surface area contributed by atoms with Crippen LogP contribution in [-0.2, 0) is 16.4 Å². The first-order valence-corrected chi connectivity index (χ1v) is 10.7. The Morgan fingerprint density at radius 1 is 1.28 bits per heavy atom. The Morgan fingerprint density at radius 2 is 2.07 bits per heavy atom. The Hall–Kier alpha value is -3.40. The van der Waals surface area contributed by atoms with Gasteiger partial charge in [-0.15, -0.1) is 0 Å². The molecule has 1 unspecified atom stereocenters. The van der Waals surface area contributed by atoms with Gasteiger partial charge in [0, 0.05) is 22.9 Å². The zero-order valence-electron chi connectivity index (χ0n) is 15.7. The second-order valence-electron chi connectivity index (χ2n) is 6.93. The van der Waals surface area contributed by atoms with Crippen LogP contribution in [-0.4, -0.2) is 36.8 Å². The lowest BCUT2D eigenvalue weighted by Crippen LogP contribution is -2.34. The molecule has 1 aliphatic heterocycles. The van der Waals surface area contributed by atoms with Gasteiger partial charge in [-0.3, -0.25) is 18.6 Å². The number of hydrogen-bond acceptors (Lipinski definition) is 6. The highest BCUT2D eigenvalue weighted by Crippen LogP contribution is 2.34. The van der Waals surface area contributed by atoms with Crippen LogP contribution in [0.5, 0.6) is 0 Å². The van der Waals surface area contributed by atoms with Crippen molar-refractivity contribution in [2.45, 2.75) is 19.4 Å². The lowest BCUT2D eigenvalue weighted by Gasteiger charge is -2.21. The molecule has 2 aromatic carbocycles. The molecule has 0 radical (unpaired) electrons. The number of amides is 1. The standard InChI is InChI=1S/C19H18N4O5S/c1-11-8-14-9-13(6-7-16(14)23(11)29(2,26)27)18(24)20-15-5-3-4-12(10-15)17-21-19(25)28-22-17/h3-7,9-11H,8H2,1-2H3,(H,20,24)(H,21,22,25). The average molecular weight is 414 g/mol. The molecule has 0 fully saturated rings. The third kappa shape index (κ3) is 3.66. The smallest absolute Gasteiger partial charge is 0.322 e. The van der Waals surface area contributed by atoms with Crippen LogP contribution in [0, 0.1) is 0 Å². The molecule has 1 aliphatic rings. The maximum absolute atomic E-state index is 12.7. The van der Waals surface area contributed by atoms with E-state index < -0.39 is 15.8 Å². The second kappa shape index (κ2) is 6.89. The molecule has 2 heterocycles. The Balaban J connectivity index is 1.58. The van der Waals surface area contributed by atoms with E-state index in [4.69, 9.17) is 0 Å². The first-order chi connectivity index (χ1) is 13.7. The van der Waals surface area contributed by atoms with Crippen molar-refractivity contribution in [2.24, 2.45) is 0 Å². The highest BCUT2D eigenvalue weighted by atomic mass is 32.2. The molecule has 1 aromatic heterocycles. The largest absolute Gasteiger partial charge is 0.439 e. The van der Waals surface area contributed by atoms with Gasteiger partial charge in [0.2, 0.25) is 10.0 Å². The summed E-state index contributed by atoms with van der Waals surface area (Å²) >= 11 is 0. The van der Waals surface area contributed by atoms with Gasteiger partial charge >= 0.3 is 5.76 Å². The maximum atomic E-state index is 12.7. The summed E-state index contributed by atoms with van der Waals surface area (Å²) in [6.07, 6.45) is 1.72.